The summed E-state index contributed by atoms with van der Waals surface area (Å²) in [7, 11) is 0. The molecule has 246 valence electrons. The minimum atomic E-state index is -0.257. The highest BCUT2D eigenvalue weighted by Gasteiger charge is 2.38. The summed E-state index contributed by atoms with van der Waals surface area (Å²) in [6, 6.07) is 53.1. The molecule has 7 aromatic carbocycles. The van der Waals surface area contributed by atoms with Crippen LogP contribution in [0.5, 0.6) is 0 Å². The molecule has 0 aliphatic heterocycles. The van der Waals surface area contributed by atoms with Crippen molar-refractivity contribution in [1.29, 1.82) is 0 Å². The summed E-state index contributed by atoms with van der Waals surface area (Å²) in [5, 5.41) is 2.59. The van der Waals surface area contributed by atoms with Crippen LogP contribution in [0.25, 0.3) is 94.9 Å². The third-order valence-corrected chi connectivity index (χ3v) is 10.8. The fourth-order valence-electron chi connectivity index (χ4n) is 8.43. The van der Waals surface area contributed by atoms with Crippen molar-refractivity contribution in [3.8, 4) is 50.8 Å². The van der Waals surface area contributed by atoms with Gasteiger partial charge in [0, 0.05) is 33.0 Å². The number of para-hydroxylation sites is 6. The Morgan fingerprint density at radius 3 is 1.79 bits per heavy atom. The lowest BCUT2D eigenvalue weighted by Crippen LogP contribution is -2.15. The van der Waals surface area contributed by atoms with E-state index in [0.29, 0.717) is 11.8 Å². The summed E-state index contributed by atoms with van der Waals surface area (Å²) >= 11 is 0. The van der Waals surface area contributed by atoms with Crippen LogP contribution in [-0.4, -0.2) is 14.5 Å². The van der Waals surface area contributed by atoms with E-state index in [1.54, 1.807) is 0 Å². The number of oxazole rings is 2. The molecule has 11 rings (SSSR count). The maximum Gasteiger partial charge on any atom is 0.227 e. The average molecular weight is 670 g/mol. The lowest BCUT2D eigenvalue weighted by Gasteiger charge is -2.23. The van der Waals surface area contributed by atoms with Crippen LogP contribution >= 0.6 is 0 Å². The highest BCUT2D eigenvalue weighted by Crippen LogP contribution is 2.54. The molecule has 1 aliphatic carbocycles. The first kappa shape index (κ1) is 29.1. The summed E-state index contributed by atoms with van der Waals surface area (Å²) in [6.45, 7) is 4.74. The maximum atomic E-state index is 6.29. The van der Waals surface area contributed by atoms with E-state index in [1.165, 1.54) is 44.1 Å². The number of rotatable bonds is 4. The molecule has 3 heterocycles. The largest absolute Gasteiger partial charge is 0.436 e. The Morgan fingerprint density at radius 1 is 0.500 bits per heavy atom. The third kappa shape index (κ3) is 4.17. The summed E-state index contributed by atoms with van der Waals surface area (Å²) < 4.78 is 15.0. The molecule has 0 spiro atoms. The molecule has 0 amide bonds. The maximum absolute atomic E-state index is 6.29. The van der Waals surface area contributed by atoms with Gasteiger partial charge in [0.15, 0.2) is 11.2 Å². The molecule has 52 heavy (non-hydrogen) atoms. The monoisotopic (exact) mass is 669 g/mol. The van der Waals surface area contributed by atoms with Crippen LogP contribution in [0, 0.1) is 0 Å². The zero-order chi connectivity index (χ0) is 34.6. The van der Waals surface area contributed by atoms with Crippen molar-refractivity contribution in [2.45, 2.75) is 19.3 Å². The number of benzene rings is 7. The number of hydrogen-bond donors (Lipinski definition) is 0. The van der Waals surface area contributed by atoms with Gasteiger partial charge in [-0.05, 0) is 106 Å². The van der Waals surface area contributed by atoms with E-state index in [4.69, 9.17) is 18.8 Å². The van der Waals surface area contributed by atoms with Crippen LogP contribution in [0.2, 0.25) is 0 Å². The summed E-state index contributed by atoms with van der Waals surface area (Å²) in [6.07, 6.45) is 0. The van der Waals surface area contributed by atoms with E-state index in [9.17, 15) is 0 Å². The van der Waals surface area contributed by atoms with Gasteiger partial charge in [-0.1, -0.05) is 92.7 Å². The molecule has 0 saturated carbocycles. The van der Waals surface area contributed by atoms with Crippen LogP contribution in [0.15, 0.2) is 160 Å². The third-order valence-electron chi connectivity index (χ3n) is 10.8. The Hall–Kier alpha value is -6.72. The van der Waals surface area contributed by atoms with Gasteiger partial charge in [-0.15, -0.1) is 0 Å². The van der Waals surface area contributed by atoms with E-state index in [-0.39, 0.29) is 5.41 Å². The molecule has 0 unspecified atom stereocenters. The van der Waals surface area contributed by atoms with Crippen molar-refractivity contribution in [2.24, 2.45) is 0 Å². The van der Waals surface area contributed by atoms with Gasteiger partial charge in [0.25, 0.3) is 0 Å². The Morgan fingerprint density at radius 2 is 1.10 bits per heavy atom. The second kappa shape index (κ2) is 10.6. The van der Waals surface area contributed by atoms with Gasteiger partial charge in [0.05, 0.1) is 11.0 Å². The topological polar surface area (TPSA) is 57.0 Å². The van der Waals surface area contributed by atoms with E-state index < -0.39 is 0 Å². The highest BCUT2D eigenvalue weighted by atomic mass is 16.4. The standard InChI is InChI=1S/C47H31N3O2/c1-47(2)36-27-28(20-21-33(36)34-22-23-40-43(44(34)47)35-14-6-9-17-39(35)50(40)32-12-4-3-5-13-32)29-24-30(45-48-37-15-7-10-18-41(37)51-45)26-31(25-29)46-49-38-16-8-11-19-42(38)52-46/h3-27H,1-2H3. The van der Waals surface area contributed by atoms with Crippen molar-refractivity contribution in [3.05, 3.63) is 163 Å². The van der Waals surface area contributed by atoms with E-state index in [2.05, 4.69) is 122 Å². The molecule has 0 bridgehead atoms. The molecule has 0 radical (unpaired) electrons. The van der Waals surface area contributed by atoms with Crippen molar-refractivity contribution < 1.29 is 8.83 Å². The predicted molar refractivity (Wildman–Crippen MR) is 210 cm³/mol. The van der Waals surface area contributed by atoms with Gasteiger partial charge in [-0.2, -0.15) is 0 Å². The molecular weight excluding hydrogens is 639 g/mol. The van der Waals surface area contributed by atoms with Crippen molar-refractivity contribution in [1.82, 2.24) is 14.5 Å². The normalized spacial score (nSPS) is 13.3. The summed E-state index contributed by atoms with van der Waals surface area (Å²) in [4.78, 5) is 9.72. The van der Waals surface area contributed by atoms with Crippen LogP contribution in [0.1, 0.15) is 25.0 Å². The minimum absolute atomic E-state index is 0.257. The number of nitrogens with zero attached hydrogens (tertiary/aromatic N) is 3. The van der Waals surface area contributed by atoms with Gasteiger partial charge in [-0.3, -0.25) is 0 Å². The molecule has 0 fully saturated rings. The molecular formula is C47H31N3O2. The fourth-order valence-corrected chi connectivity index (χ4v) is 8.43. The van der Waals surface area contributed by atoms with Gasteiger partial charge >= 0.3 is 0 Å². The summed E-state index contributed by atoms with van der Waals surface area (Å²) in [5.74, 6) is 1.12. The number of hydrogen-bond acceptors (Lipinski definition) is 4. The van der Waals surface area contributed by atoms with E-state index >= 15 is 0 Å². The highest BCUT2D eigenvalue weighted by molar-refractivity contribution is 6.14. The first-order chi connectivity index (χ1) is 25.5. The minimum Gasteiger partial charge on any atom is -0.436 e. The second-order valence-corrected chi connectivity index (χ2v) is 14.2. The van der Waals surface area contributed by atoms with Crippen molar-refractivity contribution in [2.75, 3.05) is 0 Å². The van der Waals surface area contributed by atoms with Gasteiger partial charge in [0.2, 0.25) is 11.8 Å². The van der Waals surface area contributed by atoms with Crippen molar-refractivity contribution in [3.63, 3.8) is 0 Å². The molecule has 0 N–H and O–H groups in total. The fraction of sp³-hybridized carbons (Fsp3) is 0.0638. The smallest absolute Gasteiger partial charge is 0.227 e. The molecule has 10 aromatic rings. The van der Waals surface area contributed by atoms with Crippen LogP contribution in [0.4, 0.5) is 0 Å². The zero-order valence-electron chi connectivity index (χ0n) is 28.6. The molecule has 0 saturated heterocycles. The lowest BCUT2D eigenvalue weighted by atomic mass is 9.79. The first-order valence-corrected chi connectivity index (χ1v) is 17.7. The quantitative estimate of drug-likeness (QED) is 0.187. The number of fused-ring (bicyclic) bond motifs is 9. The SMILES string of the molecule is CC1(C)c2cc(-c3cc(-c4nc5ccccc5o4)cc(-c4nc5ccccc5o4)c3)ccc2-c2ccc3c(c21)c1ccccc1n3-c1ccccc1. The number of aromatic nitrogens is 3. The Balaban J connectivity index is 1.10. The second-order valence-electron chi connectivity index (χ2n) is 14.2. The van der Waals surface area contributed by atoms with Gasteiger partial charge in [0.1, 0.15) is 11.0 Å². The lowest BCUT2D eigenvalue weighted by molar-refractivity contribution is 0.617. The molecule has 3 aromatic heterocycles. The Labute approximate surface area is 299 Å². The van der Waals surface area contributed by atoms with E-state index in [1.807, 2.05) is 48.5 Å². The van der Waals surface area contributed by atoms with Gasteiger partial charge in [-0.25, -0.2) is 9.97 Å². The van der Waals surface area contributed by atoms with Crippen LogP contribution in [-0.2, 0) is 5.41 Å². The zero-order valence-corrected chi connectivity index (χ0v) is 28.6. The molecule has 1 aliphatic rings. The average Bonchev–Trinajstić information content (AvgIpc) is 3.95. The summed E-state index contributed by atoms with van der Waals surface area (Å²) in [5.41, 5.74) is 15.6. The molecule has 0 atom stereocenters. The first-order valence-electron chi connectivity index (χ1n) is 17.7. The Kier molecular flexibility index (Phi) is 5.95. The van der Waals surface area contributed by atoms with Crippen LogP contribution in [0.3, 0.4) is 0 Å². The van der Waals surface area contributed by atoms with Crippen molar-refractivity contribution >= 4 is 44.0 Å². The molecule has 5 nitrogen and oxygen atoms in total. The molecule has 5 heteroatoms. The van der Waals surface area contributed by atoms with Gasteiger partial charge < -0.3 is 13.4 Å². The van der Waals surface area contributed by atoms with Crippen LogP contribution < -0.4 is 0 Å². The van der Waals surface area contributed by atoms with E-state index in [0.717, 1.165) is 50.1 Å². The predicted octanol–water partition coefficient (Wildman–Crippen LogP) is 12.4. The Bertz CT molecular complexity index is 2890.